The molecule has 10 nitrogen and oxygen atoms in total. The summed E-state index contributed by atoms with van der Waals surface area (Å²) in [6, 6.07) is 7.01. The fourth-order valence-corrected chi connectivity index (χ4v) is 3.82. The number of nitrogens with one attached hydrogen (secondary N) is 2. The minimum atomic E-state index is -4.48. The monoisotopic (exact) mass is 529 g/mol. The lowest BCUT2D eigenvalue weighted by atomic mass is 10.1. The second kappa shape index (κ2) is 10.2. The molecule has 0 spiro atoms. The number of H-pyrrole nitrogens is 1. The van der Waals surface area contributed by atoms with Gasteiger partial charge in [0.05, 0.1) is 36.9 Å². The number of anilines is 4. The van der Waals surface area contributed by atoms with Crippen molar-refractivity contribution in [3.8, 4) is 23.2 Å². The quantitative estimate of drug-likeness (QED) is 0.357. The molecular weight excluding hydrogens is 506 g/mol. The molecule has 1 aromatic carbocycles. The van der Waals surface area contributed by atoms with Gasteiger partial charge >= 0.3 is 6.18 Å². The highest BCUT2D eigenvalue weighted by molar-refractivity contribution is 5.67. The summed E-state index contributed by atoms with van der Waals surface area (Å²) in [5.41, 5.74) is 0.795. The largest absolute Gasteiger partial charge is 0.416 e. The van der Waals surface area contributed by atoms with Crippen molar-refractivity contribution in [2.45, 2.75) is 6.18 Å². The Balaban J connectivity index is 1.34. The minimum absolute atomic E-state index is 0.164. The van der Waals surface area contributed by atoms with Crippen molar-refractivity contribution in [3.05, 3.63) is 54.1 Å². The van der Waals surface area contributed by atoms with Crippen LogP contribution in [0.4, 0.5) is 40.4 Å². The molecule has 14 heteroatoms. The van der Waals surface area contributed by atoms with E-state index in [9.17, 15) is 17.6 Å². The number of morpholine rings is 1. The summed E-state index contributed by atoms with van der Waals surface area (Å²) in [5.74, 6) is 0.279. The minimum Gasteiger partial charge on any atom is -0.378 e. The summed E-state index contributed by atoms with van der Waals surface area (Å²) >= 11 is 0. The molecule has 0 unspecified atom stereocenters. The lowest BCUT2D eigenvalue weighted by Gasteiger charge is -2.27. The van der Waals surface area contributed by atoms with Crippen molar-refractivity contribution in [1.29, 1.82) is 0 Å². The number of aromatic amines is 1. The lowest BCUT2D eigenvalue weighted by Crippen LogP contribution is -2.37. The van der Waals surface area contributed by atoms with Crippen LogP contribution in [0, 0.1) is 5.82 Å². The molecule has 0 aliphatic carbocycles. The van der Waals surface area contributed by atoms with Crippen LogP contribution in [0.3, 0.4) is 0 Å². The molecular formula is C24H23F4N9O. The first-order chi connectivity index (χ1) is 18.2. The van der Waals surface area contributed by atoms with Crippen molar-refractivity contribution >= 4 is 22.9 Å². The smallest absolute Gasteiger partial charge is 0.378 e. The molecule has 1 aliphatic rings. The van der Waals surface area contributed by atoms with Gasteiger partial charge in [-0.3, -0.25) is 10.1 Å². The highest BCUT2D eigenvalue weighted by atomic mass is 19.4. The van der Waals surface area contributed by atoms with Crippen LogP contribution in [0.5, 0.6) is 0 Å². The zero-order valence-corrected chi connectivity index (χ0v) is 20.4. The van der Waals surface area contributed by atoms with Crippen molar-refractivity contribution in [1.82, 2.24) is 30.1 Å². The van der Waals surface area contributed by atoms with Crippen LogP contribution >= 0.6 is 0 Å². The summed E-state index contributed by atoms with van der Waals surface area (Å²) in [6.45, 7) is 1.98. The average Bonchev–Trinajstić information content (AvgIpc) is 3.39. The van der Waals surface area contributed by atoms with Gasteiger partial charge in [0.2, 0.25) is 0 Å². The Morgan fingerprint density at radius 3 is 2.45 bits per heavy atom. The van der Waals surface area contributed by atoms with E-state index in [-0.39, 0.29) is 29.0 Å². The summed E-state index contributed by atoms with van der Waals surface area (Å²) in [4.78, 5) is 20.4. The van der Waals surface area contributed by atoms with Gasteiger partial charge < -0.3 is 19.9 Å². The van der Waals surface area contributed by atoms with E-state index in [1.54, 1.807) is 42.1 Å². The van der Waals surface area contributed by atoms with Gasteiger partial charge in [0.15, 0.2) is 29.1 Å². The van der Waals surface area contributed by atoms with Crippen molar-refractivity contribution < 1.29 is 22.3 Å². The SMILES string of the molecule is CN(C)c1cc(Nc2ccc(-c3n[nH]c(-c4ncc(F)c(N5CCOCC5)n4)n3)nc2)cc(C(F)(F)F)c1. The fourth-order valence-electron chi connectivity index (χ4n) is 3.82. The van der Waals surface area contributed by atoms with E-state index in [1.165, 1.54) is 6.20 Å². The van der Waals surface area contributed by atoms with Crippen LogP contribution in [0.2, 0.25) is 0 Å². The predicted octanol–water partition coefficient (Wildman–Crippen LogP) is 4.13. The van der Waals surface area contributed by atoms with E-state index in [1.807, 2.05) is 0 Å². The van der Waals surface area contributed by atoms with Gasteiger partial charge in [0.1, 0.15) is 5.69 Å². The zero-order valence-electron chi connectivity index (χ0n) is 20.4. The number of nitrogens with zero attached hydrogens (tertiary/aromatic N) is 7. The number of pyridine rings is 1. The second-order valence-corrected chi connectivity index (χ2v) is 8.69. The Labute approximate surface area is 214 Å². The maximum absolute atomic E-state index is 14.3. The molecule has 1 aliphatic heterocycles. The molecule has 198 valence electrons. The molecule has 4 aromatic rings. The van der Waals surface area contributed by atoms with E-state index in [2.05, 4.69) is 35.5 Å². The summed E-state index contributed by atoms with van der Waals surface area (Å²) in [5, 5.41) is 9.85. The molecule has 0 bridgehead atoms. The van der Waals surface area contributed by atoms with Gasteiger partial charge in [-0.2, -0.15) is 18.3 Å². The third-order valence-electron chi connectivity index (χ3n) is 5.78. The zero-order chi connectivity index (χ0) is 26.9. The Morgan fingerprint density at radius 2 is 1.76 bits per heavy atom. The first-order valence-electron chi connectivity index (χ1n) is 11.6. The highest BCUT2D eigenvalue weighted by Crippen LogP contribution is 2.35. The van der Waals surface area contributed by atoms with Crippen LogP contribution in [-0.4, -0.2) is 70.5 Å². The van der Waals surface area contributed by atoms with Crippen LogP contribution in [-0.2, 0) is 10.9 Å². The van der Waals surface area contributed by atoms with Crippen LogP contribution < -0.4 is 15.1 Å². The summed E-state index contributed by atoms with van der Waals surface area (Å²) in [6.07, 6.45) is -1.93. The Morgan fingerprint density at radius 1 is 0.974 bits per heavy atom. The number of aromatic nitrogens is 6. The van der Waals surface area contributed by atoms with Gasteiger partial charge in [0, 0.05) is 38.6 Å². The maximum atomic E-state index is 14.3. The first kappa shape index (κ1) is 25.3. The highest BCUT2D eigenvalue weighted by Gasteiger charge is 2.31. The third-order valence-corrected chi connectivity index (χ3v) is 5.78. The fraction of sp³-hybridized carbons (Fsp3) is 0.292. The Hall–Kier alpha value is -4.33. The molecule has 4 heterocycles. The molecule has 0 atom stereocenters. The summed E-state index contributed by atoms with van der Waals surface area (Å²) < 4.78 is 59.7. The summed E-state index contributed by atoms with van der Waals surface area (Å²) in [7, 11) is 3.34. The van der Waals surface area contributed by atoms with Crippen molar-refractivity contribution in [2.75, 3.05) is 55.5 Å². The van der Waals surface area contributed by atoms with Crippen molar-refractivity contribution in [2.24, 2.45) is 0 Å². The number of benzene rings is 1. The van der Waals surface area contributed by atoms with Gasteiger partial charge in [-0.25, -0.2) is 19.3 Å². The molecule has 2 N–H and O–H groups in total. The number of hydrogen-bond acceptors (Lipinski definition) is 9. The standard InChI is InChI=1S/C24H23F4N9O/c1-36(2)17-10-14(24(26,27)28)9-16(11-17)31-15-3-4-19(29-12-15)20-32-22(35-34-20)21-30-13-18(25)23(33-21)37-5-7-38-8-6-37/h3-4,9-13,31H,5-8H2,1-2H3,(H,32,34,35). The van der Waals surface area contributed by atoms with Crippen LogP contribution in [0.25, 0.3) is 23.2 Å². The molecule has 0 radical (unpaired) electrons. The lowest BCUT2D eigenvalue weighted by molar-refractivity contribution is -0.137. The number of rotatable bonds is 6. The van der Waals surface area contributed by atoms with E-state index in [4.69, 9.17) is 4.74 Å². The van der Waals surface area contributed by atoms with Crippen LogP contribution in [0.1, 0.15) is 5.56 Å². The van der Waals surface area contributed by atoms with Gasteiger partial charge in [-0.1, -0.05) is 0 Å². The van der Waals surface area contributed by atoms with E-state index >= 15 is 0 Å². The number of ether oxygens (including phenoxy) is 1. The second-order valence-electron chi connectivity index (χ2n) is 8.69. The van der Waals surface area contributed by atoms with Gasteiger partial charge in [-0.05, 0) is 30.3 Å². The van der Waals surface area contributed by atoms with Crippen molar-refractivity contribution in [3.63, 3.8) is 0 Å². The third kappa shape index (κ3) is 5.49. The predicted molar refractivity (Wildman–Crippen MR) is 133 cm³/mol. The molecule has 3 aromatic heterocycles. The Bertz CT molecular complexity index is 1420. The maximum Gasteiger partial charge on any atom is 0.416 e. The average molecular weight is 530 g/mol. The van der Waals surface area contributed by atoms with Crippen LogP contribution in [0.15, 0.2) is 42.7 Å². The van der Waals surface area contributed by atoms with Gasteiger partial charge in [-0.15, -0.1) is 0 Å². The number of hydrogen-bond donors (Lipinski definition) is 2. The normalized spacial score (nSPS) is 14.0. The topological polar surface area (TPSA) is 108 Å². The number of halogens is 4. The van der Waals surface area contributed by atoms with E-state index < -0.39 is 17.6 Å². The molecule has 1 saturated heterocycles. The first-order valence-corrected chi connectivity index (χ1v) is 11.6. The molecule has 38 heavy (non-hydrogen) atoms. The Kier molecular flexibility index (Phi) is 6.80. The van der Waals surface area contributed by atoms with E-state index in [0.29, 0.717) is 43.4 Å². The molecule has 5 rings (SSSR count). The number of alkyl halides is 3. The van der Waals surface area contributed by atoms with E-state index in [0.717, 1.165) is 18.3 Å². The van der Waals surface area contributed by atoms with Gasteiger partial charge in [0.25, 0.3) is 0 Å². The molecule has 1 fully saturated rings. The molecule has 0 amide bonds. The molecule has 0 saturated carbocycles.